The third-order valence-corrected chi connectivity index (χ3v) is 12.2. The van der Waals surface area contributed by atoms with Crippen molar-refractivity contribution in [3.8, 4) is 0 Å². The van der Waals surface area contributed by atoms with Crippen molar-refractivity contribution in [2.45, 2.75) is 238 Å². The minimum absolute atomic E-state index is 0.0290. The summed E-state index contributed by atoms with van der Waals surface area (Å²) in [4.78, 5) is 35.5. The van der Waals surface area contributed by atoms with Crippen LogP contribution in [0.5, 0.6) is 0 Å². The maximum atomic E-state index is 12.8. The lowest BCUT2D eigenvalue weighted by molar-refractivity contribution is -0.870. The van der Waals surface area contributed by atoms with E-state index in [9.17, 15) is 19.0 Å². The van der Waals surface area contributed by atoms with Crippen LogP contribution in [0, 0.1) is 0 Å². The second kappa shape index (κ2) is 44.4. The van der Waals surface area contributed by atoms with E-state index in [4.69, 9.17) is 18.5 Å². The number of ether oxygens (including phenoxy) is 2. The monoisotopic (exact) mass is 897 g/mol. The molecule has 0 spiro atoms. The van der Waals surface area contributed by atoms with Crippen LogP contribution in [0.2, 0.25) is 0 Å². The summed E-state index contributed by atoms with van der Waals surface area (Å²) in [6.07, 6.45) is 51.9. The third-order valence-electron chi connectivity index (χ3n) is 11.2. The summed E-state index contributed by atoms with van der Waals surface area (Å²) in [5.74, 6) is -0.814. The molecule has 0 heterocycles. The summed E-state index contributed by atoms with van der Waals surface area (Å²) < 4.78 is 34.4. The number of phosphoric acid groups is 1. The molecule has 0 saturated carbocycles. The largest absolute Gasteiger partial charge is 0.472 e. The minimum Gasteiger partial charge on any atom is -0.462 e. The van der Waals surface area contributed by atoms with Gasteiger partial charge in [-0.15, -0.1) is 0 Å². The zero-order valence-electron chi connectivity index (χ0n) is 41.1. The Bertz CT molecular complexity index is 1150. The average Bonchev–Trinajstić information content (AvgIpc) is 3.23. The topological polar surface area (TPSA) is 108 Å². The maximum Gasteiger partial charge on any atom is 0.472 e. The summed E-state index contributed by atoms with van der Waals surface area (Å²) in [7, 11) is 1.47. The molecule has 2 atom stereocenters. The molecule has 0 amide bonds. The van der Waals surface area contributed by atoms with Gasteiger partial charge in [0.05, 0.1) is 27.7 Å². The van der Waals surface area contributed by atoms with Gasteiger partial charge in [0, 0.05) is 12.8 Å². The number of unbranched alkanes of at least 4 members (excludes halogenated alkanes) is 27. The van der Waals surface area contributed by atoms with Crippen molar-refractivity contribution in [3.05, 3.63) is 36.5 Å². The van der Waals surface area contributed by atoms with E-state index in [0.29, 0.717) is 23.9 Å². The Kier molecular flexibility index (Phi) is 43.2. The van der Waals surface area contributed by atoms with Gasteiger partial charge < -0.3 is 18.9 Å². The van der Waals surface area contributed by atoms with Gasteiger partial charge in [-0.05, 0) is 51.4 Å². The van der Waals surface area contributed by atoms with Crippen molar-refractivity contribution in [1.29, 1.82) is 0 Å². The number of nitrogens with zero attached hydrogens (tertiary/aromatic N) is 1. The van der Waals surface area contributed by atoms with Gasteiger partial charge in [0.25, 0.3) is 0 Å². The first-order valence-electron chi connectivity index (χ1n) is 25.7. The SMILES string of the molecule is CCCCC/C=C\C/C=C\C/C=C\CCCCCCC(=O)OC[C@H](COP(=O)(O)OCC[N+](C)(C)C)OC(=O)CCCCCCCCCCCCCCCCCCCCCCC. The number of rotatable bonds is 47. The van der Waals surface area contributed by atoms with E-state index in [1.807, 2.05) is 21.1 Å². The van der Waals surface area contributed by atoms with E-state index in [1.165, 1.54) is 141 Å². The van der Waals surface area contributed by atoms with Crippen molar-refractivity contribution in [1.82, 2.24) is 0 Å². The molecular weight excluding hydrogens is 798 g/mol. The third kappa shape index (κ3) is 47.7. The van der Waals surface area contributed by atoms with Crippen molar-refractivity contribution in [2.24, 2.45) is 0 Å². The number of allylic oxidation sites excluding steroid dienone is 6. The van der Waals surface area contributed by atoms with E-state index < -0.39 is 26.5 Å². The Morgan fingerprint density at radius 2 is 0.871 bits per heavy atom. The van der Waals surface area contributed by atoms with Crippen molar-refractivity contribution >= 4 is 19.8 Å². The van der Waals surface area contributed by atoms with Gasteiger partial charge in [0.15, 0.2) is 6.10 Å². The first kappa shape index (κ1) is 60.2. The fourth-order valence-electron chi connectivity index (χ4n) is 7.14. The Morgan fingerprint density at radius 1 is 0.500 bits per heavy atom. The Balaban J connectivity index is 4.26. The predicted molar refractivity (Wildman–Crippen MR) is 261 cm³/mol. The zero-order valence-corrected chi connectivity index (χ0v) is 42.0. The van der Waals surface area contributed by atoms with Crippen LogP contribution in [0.15, 0.2) is 36.5 Å². The highest BCUT2D eigenvalue weighted by molar-refractivity contribution is 7.47. The van der Waals surface area contributed by atoms with Gasteiger partial charge in [-0.1, -0.05) is 204 Å². The van der Waals surface area contributed by atoms with Crippen LogP contribution in [-0.2, 0) is 32.7 Å². The summed E-state index contributed by atoms with van der Waals surface area (Å²) in [6, 6.07) is 0. The smallest absolute Gasteiger partial charge is 0.462 e. The van der Waals surface area contributed by atoms with Crippen LogP contribution >= 0.6 is 7.82 Å². The zero-order chi connectivity index (χ0) is 45.7. The molecule has 0 aliphatic rings. The first-order valence-corrected chi connectivity index (χ1v) is 27.2. The van der Waals surface area contributed by atoms with Gasteiger partial charge in [-0.25, -0.2) is 4.57 Å². The number of hydrogen-bond donors (Lipinski definition) is 1. The van der Waals surface area contributed by atoms with Crippen LogP contribution in [-0.4, -0.2) is 74.9 Å². The molecule has 0 rings (SSSR count). The lowest BCUT2D eigenvalue weighted by Crippen LogP contribution is -2.37. The summed E-state index contributed by atoms with van der Waals surface area (Å²) >= 11 is 0. The molecule has 62 heavy (non-hydrogen) atoms. The van der Waals surface area contributed by atoms with Crippen LogP contribution in [0.25, 0.3) is 0 Å². The molecule has 0 aromatic rings. The number of likely N-dealkylation sites (N-methyl/N-ethyl adjacent to an activating group) is 1. The molecular formula is C52H99NO8P+. The summed E-state index contributed by atoms with van der Waals surface area (Å²) in [5.41, 5.74) is 0. The number of carbonyl (C=O) groups excluding carboxylic acids is 2. The molecule has 0 radical (unpaired) electrons. The van der Waals surface area contributed by atoms with Gasteiger partial charge in [-0.2, -0.15) is 0 Å². The Morgan fingerprint density at radius 3 is 1.32 bits per heavy atom. The number of quaternary nitrogens is 1. The lowest BCUT2D eigenvalue weighted by atomic mass is 10.0. The van der Waals surface area contributed by atoms with Crippen LogP contribution in [0.3, 0.4) is 0 Å². The second-order valence-corrected chi connectivity index (χ2v) is 20.0. The highest BCUT2D eigenvalue weighted by atomic mass is 31.2. The fourth-order valence-corrected chi connectivity index (χ4v) is 7.88. The molecule has 0 aromatic heterocycles. The molecule has 1 unspecified atom stereocenters. The lowest BCUT2D eigenvalue weighted by Gasteiger charge is -2.24. The second-order valence-electron chi connectivity index (χ2n) is 18.6. The standard InChI is InChI=1S/C52H98NO8P/c1-6-8-10-12-14-16-18-20-22-24-25-26-27-29-31-33-35-37-39-41-43-45-52(55)61-50(49-60-62(56,57)59-47-46-53(3,4)5)48-58-51(54)44-42-40-38-36-34-32-30-28-23-21-19-17-15-13-11-9-7-2/h15,17,21,23,30,32,50H,6-14,16,18-20,22,24-29,31,33-49H2,1-5H3/p+1/b17-15-,23-21-,32-30-/t50-/m1/s1. The van der Waals surface area contributed by atoms with E-state index in [-0.39, 0.29) is 32.0 Å². The average molecular weight is 897 g/mol. The predicted octanol–water partition coefficient (Wildman–Crippen LogP) is 15.3. The van der Waals surface area contributed by atoms with Gasteiger partial charge >= 0.3 is 19.8 Å². The van der Waals surface area contributed by atoms with Gasteiger partial charge in [-0.3, -0.25) is 18.6 Å². The molecule has 0 saturated heterocycles. The first-order chi connectivity index (χ1) is 30.0. The quantitative estimate of drug-likeness (QED) is 0.0212. The number of hydrogen-bond acceptors (Lipinski definition) is 7. The van der Waals surface area contributed by atoms with Gasteiger partial charge in [0.1, 0.15) is 19.8 Å². The molecule has 0 aliphatic heterocycles. The number of esters is 2. The van der Waals surface area contributed by atoms with E-state index in [2.05, 4.69) is 50.3 Å². The van der Waals surface area contributed by atoms with E-state index >= 15 is 0 Å². The molecule has 364 valence electrons. The summed E-state index contributed by atoms with van der Waals surface area (Å²) in [6.45, 7) is 4.40. The summed E-state index contributed by atoms with van der Waals surface area (Å²) in [5, 5.41) is 0. The van der Waals surface area contributed by atoms with Crippen molar-refractivity contribution in [3.63, 3.8) is 0 Å². The molecule has 9 nitrogen and oxygen atoms in total. The molecule has 1 N–H and O–H groups in total. The highest BCUT2D eigenvalue weighted by Gasteiger charge is 2.27. The van der Waals surface area contributed by atoms with Crippen molar-refractivity contribution < 1.29 is 42.1 Å². The Hall–Kier alpha value is -1.77. The molecule has 0 aliphatic carbocycles. The fraction of sp³-hybridized carbons (Fsp3) is 0.846. The maximum absolute atomic E-state index is 12.8. The molecule has 0 fully saturated rings. The number of carbonyl (C=O) groups is 2. The van der Waals surface area contributed by atoms with Gasteiger partial charge in [0.2, 0.25) is 0 Å². The molecule has 10 heteroatoms. The Labute approximate surface area is 382 Å². The van der Waals surface area contributed by atoms with Crippen molar-refractivity contribution in [2.75, 3.05) is 47.5 Å². The molecule has 0 aromatic carbocycles. The van der Waals surface area contributed by atoms with E-state index in [0.717, 1.165) is 51.4 Å². The van der Waals surface area contributed by atoms with Crippen LogP contribution in [0.4, 0.5) is 0 Å². The van der Waals surface area contributed by atoms with E-state index in [1.54, 1.807) is 0 Å². The van der Waals surface area contributed by atoms with Crippen LogP contribution in [0.1, 0.15) is 232 Å². The molecule has 0 bridgehead atoms. The highest BCUT2D eigenvalue weighted by Crippen LogP contribution is 2.43. The van der Waals surface area contributed by atoms with Crippen LogP contribution < -0.4 is 0 Å². The number of phosphoric ester groups is 1. The minimum atomic E-state index is -4.38. The normalized spacial score (nSPS) is 13.7.